The number of halogens is 3. The molecule has 1 heterocycles. The molecule has 0 aliphatic heterocycles. The summed E-state index contributed by atoms with van der Waals surface area (Å²) in [6.45, 7) is 5.35. The normalized spacial score (nSPS) is 13.0. The van der Waals surface area contributed by atoms with Crippen LogP contribution in [0.4, 0.5) is 13.2 Å². The second-order valence-corrected chi connectivity index (χ2v) is 5.31. The minimum Gasteiger partial charge on any atom is -0.256 e. The van der Waals surface area contributed by atoms with E-state index in [0.717, 1.165) is 6.20 Å². The molecule has 2 rings (SSSR count). The summed E-state index contributed by atoms with van der Waals surface area (Å²) in [5, 5.41) is 0.569. The first-order valence-electron chi connectivity index (χ1n) is 5.66. The van der Waals surface area contributed by atoms with Crippen LogP contribution in [-0.4, -0.2) is 4.98 Å². The van der Waals surface area contributed by atoms with Crippen molar-refractivity contribution in [2.75, 3.05) is 0 Å². The Kier molecular flexibility index (Phi) is 2.84. The van der Waals surface area contributed by atoms with Crippen molar-refractivity contribution in [3.05, 3.63) is 41.6 Å². The molecule has 96 valence electrons. The third kappa shape index (κ3) is 2.19. The third-order valence-electron chi connectivity index (χ3n) is 2.83. The van der Waals surface area contributed by atoms with Gasteiger partial charge in [-0.2, -0.15) is 13.2 Å². The van der Waals surface area contributed by atoms with Gasteiger partial charge < -0.3 is 0 Å². The quantitative estimate of drug-likeness (QED) is 0.671. The standard InChI is InChI=1S/C14H14F3N/c1-13(2,3)12-9-6-4-5-7-11(9)18-8-10(12)14(15,16)17/h4-8H,1-3H3. The number of benzene rings is 1. The zero-order valence-electron chi connectivity index (χ0n) is 10.5. The summed E-state index contributed by atoms with van der Waals surface area (Å²) < 4.78 is 39.2. The molecular weight excluding hydrogens is 239 g/mol. The van der Waals surface area contributed by atoms with E-state index in [-0.39, 0.29) is 0 Å². The molecule has 2 aromatic rings. The van der Waals surface area contributed by atoms with Gasteiger partial charge in [-0.15, -0.1) is 0 Å². The first-order chi connectivity index (χ1) is 8.21. The molecular formula is C14H14F3N. The highest BCUT2D eigenvalue weighted by Crippen LogP contribution is 2.40. The number of aromatic nitrogens is 1. The van der Waals surface area contributed by atoms with Crippen LogP contribution in [0.1, 0.15) is 31.9 Å². The fourth-order valence-electron chi connectivity index (χ4n) is 2.16. The summed E-state index contributed by atoms with van der Waals surface area (Å²) >= 11 is 0. The third-order valence-corrected chi connectivity index (χ3v) is 2.83. The average molecular weight is 253 g/mol. The van der Waals surface area contributed by atoms with E-state index in [1.54, 1.807) is 45.0 Å². The summed E-state index contributed by atoms with van der Waals surface area (Å²) in [6, 6.07) is 6.93. The van der Waals surface area contributed by atoms with Gasteiger partial charge in [0, 0.05) is 11.6 Å². The van der Waals surface area contributed by atoms with E-state index in [0.29, 0.717) is 16.5 Å². The van der Waals surface area contributed by atoms with Gasteiger partial charge in [0.05, 0.1) is 11.1 Å². The van der Waals surface area contributed by atoms with Crippen LogP contribution in [0.25, 0.3) is 10.9 Å². The number of nitrogens with zero attached hydrogens (tertiary/aromatic N) is 1. The van der Waals surface area contributed by atoms with Crippen molar-refractivity contribution in [3.8, 4) is 0 Å². The van der Waals surface area contributed by atoms with E-state index < -0.39 is 17.2 Å². The number of hydrogen-bond acceptors (Lipinski definition) is 1. The van der Waals surface area contributed by atoms with Crippen LogP contribution in [0.5, 0.6) is 0 Å². The van der Waals surface area contributed by atoms with Crippen LogP contribution in [0, 0.1) is 0 Å². The van der Waals surface area contributed by atoms with Crippen LogP contribution in [0.15, 0.2) is 30.5 Å². The Balaban J connectivity index is 2.89. The van der Waals surface area contributed by atoms with Crippen molar-refractivity contribution in [2.45, 2.75) is 32.4 Å². The molecule has 0 fully saturated rings. The van der Waals surface area contributed by atoms with Gasteiger partial charge in [-0.1, -0.05) is 39.0 Å². The highest BCUT2D eigenvalue weighted by Gasteiger charge is 2.37. The fourth-order valence-corrected chi connectivity index (χ4v) is 2.16. The van der Waals surface area contributed by atoms with Crippen molar-refractivity contribution in [3.63, 3.8) is 0 Å². The molecule has 0 N–H and O–H groups in total. The monoisotopic (exact) mass is 253 g/mol. The smallest absolute Gasteiger partial charge is 0.256 e. The van der Waals surface area contributed by atoms with Crippen molar-refractivity contribution < 1.29 is 13.2 Å². The van der Waals surface area contributed by atoms with Crippen molar-refractivity contribution in [1.82, 2.24) is 4.98 Å². The molecule has 0 bridgehead atoms. The lowest BCUT2D eigenvalue weighted by Gasteiger charge is -2.25. The molecule has 1 aromatic carbocycles. The number of fused-ring (bicyclic) bond motifs is 1. The molecule has 0 spiro atoms. The highest BCUT2D eigenvalue weighted by atomic mass is 19.4. The number of para-hydroxylation sites is 1. The summed E-state index contributed by atoms with van der Waals surface area (Å²) in [5.74, 6) is 0. The minimum absolute atomic E-state index is 0.306. The van der Waals surface area contributed by atoms with E-state index in [2.05, 4.69) is 4.98 Å². The predicted octanol–water partition coefficient (Wildman–Crippen LogP) is 4.55. The maximum Gasteiger partial charge on any atom is 0.418 e. The highest BCUT2D eigenvalue weighted by molar-refractivity contribution is 5.84. The van der Waals surface area contributed by atoms with Gasteiger partial charge in [-0.05, 0) is 17.0 Å². The molecule has 0 amide bonds. The zero-order chi connectivity index (χ0) is 13.6. The number of alkyl halides is 3. The van der Waals surface area contributed by atoms with Gasteiger partial charge in [0.15, 0.2) is 0 Å². The topological polar surface area (TPSA) is 12.9 Å². The Morgan fingerprint density at radius 1 is 1.00 bits per heavy atom. The van der Waals surface area contributed by atoms with Crippen LogP contribution in [-0.2, 0) is 11.6 Å². The summed E-state index contributed by atoms with van der Waals surface area (Å²) in [4.78, 5) is 3.90. The Morgan fingerprint density at radius 2 is 1.61 bits per heavy atom. The maximum absolute atomic E-state index is 13.1. The van der Waals surface area contributed by atoms with Crippen molar-refractivity contribution in [1.29, 1.82) is 0 Å². The van der Waals surface area contributed by atoms with Crippen LogP contribution in [0.3, 0.4) is 0 Å². The Hall–Kier alpha value is -1.58. The summed E-state index contributed by atoms with van der Waals surface area (Å²) in [7, 11) is 0. The van der Waals surface area contributed by atoms with Gasteiger partial charge >= 0.3 is 6.18 Å². The van der Waals surface area contributed by atoms with E-state index in [9.17, 15) is 13.2 Å². The Bertz CT molecular complexity index is 580. The molecule has 1 nitrogen and oxygen atoms in total. The largest absolute Gasteiger partial charge is 0.418 e. The summed E-state index contributed by atoms with van der Waals surface area (Å²) in [5.41, 5.74) is -0.336. The second-order valence-electron chi connectivity index (χ2n) is 5.31. The molecule has 1 aromatic heterocycles. The first-order valence-corrected chi connectivity index (χ1v) is 5.66. The molecule has 4 heteroatoms. The molecule has 18 heavy (non-hydrogen) atoms. The van der Waals surface area contributed by atoms with Gasteiger partial charge in [0.1, 0.15) is 0 Å². The lowest BCUT2D eigenvalue weighted by Crippen LogP contribution is -2.20. The predicted molar refractivity (Wildman–Crippen MR) is 65.4 cm³/mol. The zero-order valence-corrected chi connectivity index (χ0v) is 10.5. The summed E-state index contributed by atoms with van der Waals surface area (Å²) in [6.07, 6.45) is -3.44. The molecule has 0 saturated heterocycles. The van der Waals surface area contributed by atoms with Gasteiger partial charge in [-0.3, -0.25) is 4.98 Å². The maximum atomic E-state index is 13.1. The van der Waals surface area contributed by atoms with Gasteiger partial charge in [-0.25, -0.2) is 0 Å². The lowest BCUT2D eigenvalue weighted by atomic mass is 9.81. The number of rotatable bonds is 0. The molecule has 0 aliphatic rings. The first kappa shape index (κ1) is 12.9. The Morgan fingerprint density at radius 3 is 2.17 bits per heavy atom. The SMILES string of the molecule is CC(C)(C)c1c(C(F)(F)F)cnc2ccccc12. The van der Waals surface area contributed by atoms with E-state index in [1.165, 1.54) is 0 Å². The Labute approximate surface area is 104 Å². The molecule has 0 unspecified atom stereocenters. The minimum atomic E-state index is -4.38. The van der Waals surface area contributed by atoms with Crippen molar-refractivity contribution >= 4 is 10.9 Å². The lowest BCUT2D eigenvalue weighted by molar-refractivity contribution is -0.138. The second kappa shape index (κ2) is 3.97. The molecule has 0 atom stereocenters. The van der Waals surface area contributed by atoms with Crippen LogP contribution >= 0.6 is 0 Å². The van der Waals surface area contributed by atoms with E-state index in [1.807, 2.05) is 0 Å². The van der Waals surface area contributed by atoms with Gasteiger partial charge in [0.25, 0.3) is 0 Å². The van der Waals surface area contributed by atoms with Gasteiger partial charge in [0.2, 0.25) is 0 Å². The van der Waals surface area contributed by atoms with Crippen molar-refractivity contribution in [2.24, 2.45) is 0 Å². The average Bonchev–Trinajstić information content (AvgIpc) is 2.24. The number of hydrogen-bond donors (Lipinski definition) is 0. The van der Waals surface area contributed by atoms with E-state index in [4.69, 9.17) is 0 Å². The van der Waals surface area contributed by atoms with Crippen LogP contribution < -0.4 is 0 Å². The molecule has 0 saturated carbocycles. The molecule has 0 aliphatic carbocycles. The van der Waals surface area contributed by atoms with Crippen LogP contribution in [0.2, 0.25) is 0 Å². The molecule has 0 radical (unpaired) electrons. The number of pyridine rings is 1. The van der Waals surface area contributed by atoms with E-state index >= 15 is 0 Å². The fraction of sp³-hybridized carbons (Fsp3) is 0.357.